The maximum atomic E-state index is 16.5. The average molecular weight is 1620 g/mol. The maximum Gasteiger partial charge on any atom is 0.527 e. The molecule has 0 spiro atoms. The maximum absolute atomic E-state index is 16.5. The SMILES string of the molecule is CO[Si](COCCN(CC(C)C)C(=O)C(CC(F)(F)F)N1C(=O)c2cc(Oc3ccc(C)cc3C)c3c4c(Oc5ccc(C)cc5C)cc5c6c(cc(Oc7ccc(C)cc7C)c(c7c(Oc8ccc(C)cc8C)cc(c2c37)C1=O)c64)C(O)N(C(CC(F)(F)F)C(=O)N(CCOC[Si](OC)(OC)OC)CC(C)C)C5=O)(OC)OC. The van der Waals surface area contributed by atoms with E-state index in [0.717, 1.165) is 32.1 Å². The van der Waals surface area contributed by atoms with Crippen molar-refractivity contribution < 1.29 is 110 Å². The standard InChI is InChI=1S/C84H96F6N4O18Si2/c1-45(2)41-91(27-29-107-43-113(101-13,102-14)103-15)81(99)59(39-83(85,86)87)93-77(95)55-35-65(109-61-23-19-47(5)31-51(61)9)71-73-67(111-63-25-21-49(7)33-53(63)11)37-57-70-58(80(98)94(79(57)97)60(40-84(88,89)90)82(100)92(42-46(3)4)28-30-108-44-114(104-16,105-17)106-18)38-68(112-64-26-22-50(8)34-54(64)12)74(76(70)73)72-66(36-56(78(93)96)69(55)75(71)72)110-62-24-20-48(6)32-52(62)10/h19-26,31-38,45-46,59-60,77,95H,27-30,39-44H2,1-18H3. The second kappa shape index (κ2) is 34.2. The number of aryl methyl sites for hydroxylation is 8. The highest BCUT2D eigenvalue weighted by atomic mass is 28.4. The first-order chi connectivity index (χ1) is 53.8. The third kappa shape index (κ3) is 17.4. The lowest BCUT2D eigenvalue weighted by atomic mass is 9.80. The highest BCUT2D eigenvalue weighted by molar-refractivity contribution is 6.60. The number of carbonyl (C=O) groups excluding carboxylic acids is 5. The summed E-state index contributed by atoms with van der Waals surface area (Å²) >= 11 is 0. The summed E-state index contributed by atoms with van der Waals surface area (Å²) in [5, 5.41) is 13.4. The Morgan fingerprint density at radius 2 is 0.728 bits per heavy atom. The second-order valence-corrected chi connectivity index (χ2v) is 35.8. The molecule has 2 aliphatic rings. The first-order valence-electron chi connectivity index (χ1n) is 37.3. The Morgan fingerprint density at radius 3 is 1.04 bits per heavy atom. The molecule has 11 rings (SSSR count). The molecule has 0 saturated carbocycles. The number of imide groups is 1. The van der Waals surface area contributed by atoms with Crippen LogP contribution in [0.1, 0.15) is 128 Å². The van der Waals surface area contributed by atoms with Crippen LogP contribution in [0.15, 0.2) is 97.1 Å². The van der Waals surface area contributed by atoms with Gasteiger partial charge < -0.3 is 69.9 Å². The third-order valence-electron chi connectivity index (χ3n) is 20.6. The molecule has 2 aliphatic heterocycles. The first-order valence-corrected chi connectivity index (χ1v) is 41.1. The normalized spacial score (nSPS) is 14.7. The van der Waals surface area contributed by atoms with Crippen molar-refractivity contribution in [1.29, 1.82) is 0 Å². The van der Waals surface area contributed by atoms with E-state index in [1.54, 1.807) is 104 Å². The second-order valence-electron chi connectivity index (χ2n) is 30.0. The monoisotopic (exact) mass is 1620 g/mol. The molecule has 0 fully saturated rings. The van der Waals surface area contributed by atoms with Gasteiger partial charge >= 0.3 is 30.0 Å². The van der Waals surface area contributed by atoms with E-state index in [1.807, 2.05) is 52.0 Å². The van der Waals surface area contributed by atoms with E-state index in [9.17, 15) is 5.11 Å². The van der Waals surface area contributed by atoms with Crippen LogP contribution in [-0.4, -0.2) is 191 Å². The average Bonchev–Trinajstić information content (AvgIpc) is 0.669. The van der Waals surface area contributed by atoms with Gasteiger partial charge in [-0.25, -0.2) is 0 Å². The van der Waals surface area contributed by atoms with Gasteiger partial charge in [0.1, 0.15) is 70.5 Å². The number of fused-ring (bicyclic) bond motifs is 2. The van der Waals surface area contributed by atoms with Crippen molar-refractivity contribution in [2.24, 2.45) is 11.8 Å². The molecule has 0 radical (unpaired) electrons. The van der Waals surface area contributed by atoms with Crippen LogP contribution < -0.4 is 18.9 Å². The fourth-order valence-corrected chi connectivity index (χ4v) is 17.7. The summed E-state index contributed by atoms with van der Waals surface area (Å²) in [6, 6.07) is 21.1. The minimum Gasteiger partial charge on any atom is -0.456 e. The Balaban J connectivity index is 1.28. The summed E-state index contributed by atoms with van der Waals surface area (Å²) in [5.74, 6) is -7.18. The quantitative estimate of drug-likeness (QED) is 0.00987. The van der Waals surface area contributed by atoms with Gasteiger partial charge in [-0.05, 0) is 138 Å². The van der Waals surface area contributed by atoms with E-state index >= 15 is 50.3 Å². The smallest absolute Gasteiger partial charge is 0.456 e. The Hall–Kier alpha value is -9.32. The summed E-state index contributed by atoms with van der Waals surface area (Å²) in [4.78, 5) is 83.8. The summed E-state index contributed by atoms with van der Waals surface area (Å²) in [5.41, 5.74) is 3.98. The van der Waals surface area contributed by atoms with Crippen molar-refractivity contribution in [3.63, 3.8) is 0 Å². The van der Waals surface area contributed by atoms with Crippen molar-refractivity contribution in [1.82, 2.24) is 19.6 Å². The number of aliphatic hydroxyl groups excluding tert-OH is 1. The zero-order chi connectivity index (χ0) is 83.1. The van der Waals surface area contributed by atoms with Crippen LogP contribution in [0.2, 0.25) is 0 Å². The number of benzene rings is 9. The summed E-state index contributed by atoms with van der Waals surface area (Å²) in [6.07, 6.45) is -17.2. The molecule has 2 heterocycles. The molecule has 114 heavy (non-hydrogen) atoms. The van der Waals surface area contributed by atoms with Gasteiger partial charge in [-0.15, -0.1) is 0 Å². The van der Waals surface area contributed by atoms with Crippen LogP contribution in [-0.2, 0) is 45.6 Å². The molecule has 30 heteroatoms. The Morgan fingerprint density at radius 1 is 0.421 bits per heavy atom. The predicted octanol–water partition coefficient (Wildman–Crippen LogP) is 16.9. The number of hydrogen-bond donors (Lipinski definition) is 1. The van der Waals surface area contributed by atoms with E-state index < -0.39 is 102 Å². The van der Waals surface area contributed by atoms with Gasteiger partial charge in [-0.3, -0.25) is 33.8 Å². The molecule has 22 nitrogen and oxygen atoms in total. The molecular formula is C84H96F6N4O18Si2. The molecule has 3 atom stereocenters. The molecule has 0 saturated heterocycles. The van der Waals surface area contributed by atoms with Crippen molar-refractivity contribution >= 4 is 90.2 Å². The predicted molar refractivity (Wildman–Crippen MR) is 420 cm³/mol. The lowest BCUT2D eigenvalue weighted by Crippen LogP contribution is -2.57. The zero-order valence-electron chi connectivity index (χ0n) is 67.1. The fraction of sp³-hybridized carbons (Fsp3) is 0.417. The van der Waals surface area contributed by atoms with E-state index in [1.165, 1.54) is 66.9 Å². The molecule has 0 bridgehead atoms. The summed E-state index contributed by atoms with van der Waals surface area (Å²) in [7, 11) is 1.41. The van der Waals surface area contributed by atoms with Gasteiger partial charge in [0.15, 0.2) is 6.23 Å². The third-order valence-corrected chi connectivity index (χ3v) is 25.4. The van der Waals surface area contributed by atoms with Crippen LogP contribution in [0.5, 0.6) is 46.0 Å². The minimum atomic E-state index is -5.21. The van der Waals surface area contributed by atoms with Crippen molar-refractivity contribution in [3.8, 4) is 46.0 Å². The number of aliphatic hydroxyl groups is 1. The molecule has 9 aromatic carbocycles. The van der Waals surface area contributed by atoms with Gasteiger partial charge in [0.05, 0.1) is 42.7 Å². The van der Waals surface area contributed by atoms with E-state index in [-0.39, 0.29) is 164 Å². The highest BCUT2D eigenvalue weighted by Gasteiger charge is 2.52. The number of carbonyl (C=O) groups is 5. The van der Waals surface area contributed by atoms with Crippen LogP contribution in [0.3, 0.4) is 0 Å². The lowest BCUT2D eigenvalue weighted by molar-refractivity contribution is -0.168. The molecule has 5 amide bonds. The Kier molecular flexibility index (Phi) is 25.7. The van der Waals surface area contributed by atoms with Crippen LogP contribution in [0.25, 0.3) is 43.1 Å². The Bertz CT molecular complexity index is 5020. The van der Waals surface area contributed by atoms with Gasteiger partial charge in [-0.2, -0.15) is 26.3 Å². The molecule has 9 aromatic rings. The Labute approximate surface area is 659 Å². The number of amides is 5. The molecule has 3 unspecified atom stereocenters. The zero-order valence-corrected chi connectivity index (χ0v) is 69.1. The van der Waals surface area contributed by atoms with E-state index in [4.69, 9.17) is 55.0 Å². The largest absolute Gasteiger partial charge is 0.527 e. The van der Waals surface area contributed by atoms with Gasteiger partial charge in [0, 0.05) is 117 Å². The molecule has 1 N–H and O–H groups in total. The number of rotatable bonds is 34. The summed E-state index contributed by atoms with van der Waals surface area (Å²) < 4.78 is 168. The highest BCUT2D eigenvalue weighted by Crippen LogP contribution is 2.59. The number of nitrogens with zero attached hydrogens (tertiary/aromatic N) is 4. The topological polar surface area (TPSA) is 229 Å². The number of ether oxygens (including phenoxy) is 6. The summed E-state index contributed by atoms with van der Waals surface area (Å²) in [6.45, 7) is 19.9. The van der Waals surface area contributed by atoms with Gasteiger partial charge in [-0.1, -0.05) is 98.5 Å². The van der Waals surface area contributed by atoms with Crippen molar-refractivity contribution in [2.75, 3.05) is 94.5 Å². The van der Waals surface area contributed by atoms with Crippen molar-refractivity contribution in [3.05, 3.63) is 164 Å². The first kappa shape index (κ1) is 85.6. The lowest BCUT2D eigenvalue weighted by Gasteiger charge is -2.41. The van der Waals surface area contributed by atoms with Gasteiger partial charge in [0.2, 0.25) is 11.8 Å². The van der Waals surface area contributed by atoms with Crippen LogP contribution in [0, 0.1) is 67.2 Å². The minimum absolute atomic E-state index is 0.00880. The molecule has 0 aliphatic carbocycles. The van der Waals surface area contributed by atoms with E-state index in [0.29, 0.717) is 32.1 Å². The number of alkyl halides is 6. The van der Waals surface area contributed by atoms with Crippen LogP contribution in [0.4, 0.5) is 26.3 Å². The van der Waals surface area contributed by atoms with E-state index in [2.05, 4.69) is 0 Å². The molecule has 0 aromatic heterocycles. The van der Waals surface area contributed by atoms with Crippen molar-refractivity contribution in [2.45, 2.75) is 127 Å². The number of halogens is 6. The number of hydrogen-bond acceptors (Lipinski definition) is 18. The van der Waals surface area contributed by atoms with Gasteiger partial charge in [0.25, 0.3) is 17.7 Å². The van der Waals surface area contributed by atoms with Crippen LogP contribution >= 0.6 is 0 Å². The molecule has 610 valence electrons. The fourth-order valence-electron chi connectivity index (χ4n) is 15.2. The molecular weight excluding hydrogens is 1520 g/mol.